The predicted molar refractivity (Wildman–Crippen MR) is 112 cm³/mol. The summed E-state index contributed by atoms with van der Waals surface area (Å²) in [6.45, 7) is 6.23. The molecule has 0 atom stereocenters. The monoisotopic (exact) mass is 405 g/mol. The van der Waals surface area contributed by atoms with Gasteiger partial charge in [-0.3, -0.25) is 9.59 Å². The Hall–Kier alpha value is -2.12. The largest absolute Gasteiger partial charge is 0.383 e. The molecule has 0 N–H and O–H groups in total. The van der Waals surface area contributed by atoms with Gasteiger partial charge in [0, 0.05) is 44.0 Å². The quantitative estimate of drug-likeness (QED) is 0.578. The van der Waals surface area contributed by atoms with Crippen molar-refractivity contribution in [3.63, 3.8) is 0 Å². The number of hydrogen-bond acceptors (Lipinski definition) is 4. The molecular formula is C21H31N3O3S. The standard InChI is InChI=1S/C21H31N3O3S/c1-17(2)14-24(20(25)13-19-8-6-12-28-19)16-21(26)23(10-11-27-4)15-18-7-5-9-22(18)3/h5-9,12,17H,10-11,13-16H2,1-4H3. The molecule has 0 aliphatic heterocycles. The van der Waals surface area contributed by atoms with Crippen molar-refractivity contribution in [1.82, 2.24) is 14.4 Å². The zero-order valence-electron chi connectivity index (χ0n) is 17.3. The van der Waals surface area contributed by atoms with E-state index >= 15 is 0 Å². The van der Waals surface area contributed by atoms with Crippen molar-refractivity contribution in [3.05, 3.63) is 46.4 Å². The van der Waals surface area contributed by atoms with E-state index in [9.17, 15) is 9.59 Å². The summed E-state index contributed by atoms with van der Waals surface area (Å²) in [4.78, 5) is 30.4. The first-order valence-electron chi connectivity index (χ1n) is 9.57. The summed E-state index contributed by atoms with van der Waals surface area (Å²) in [5.74, 6) is 0.230. The van der Waals surface area contributed by atoms with Gasteiger partial charge in [-0.05, 0) is 29.5 Å². The number of rotatable bonds is 11. The lowest BCUT2D eigenvalue weighted by Crippen LogP contribution is -2.45. The zero-order valence-corrected chi connectivity index (χ0v) is 18.1. The van der Waals surface area contributed by atoms with E-state index in [1.165, 1.54) is 0 Å². The van der Waals surface area contributed by atoms with Crippen LogP contribution in [0.2, 0.25) is 0 Å². The van der Waals surface area contributed by atoms with Gasteiger partial charge in [0.2, 0.25) is 11.8 Å². The normalized spacial score (nSPS) is 11.0. The molecule has 2 heterocycles. The molecule has 154 valence electrons. The molecule has 7 heteroatoms. The van der Waals surface area contributed by atoms with Crippen molar-refractivity contribution >= 4 is 23.2 Å². The fourth-order valence-corrected chi connectivity index (χ4v) is 3.68. The van der Waals surface area contributed by atoms with Crippen LogP contribution in [0.1, 0.15) is 24.4 Å². The van der Waals surface area contributed by atoms with Gasteiger partial charge in [-0.25, -0.2) is 0 Å². The Morgan fingerprint density at radius 2 is 1.96 bits per heavy atom. The SMILES string of the molecule is COCCN(Cc1cccn1C)C(=O)CN(CC(C)C)C(=O)Cc1cccs1. The summed E-state index contributed by atoms with van der Waals surface area (Å²) in [7, 11) is 3.59. The number of hydrogen-bond donors (Lipinski definition) is 0. The molecule has 0 radical (unpaired) electrons. The second-order valence-electron chi connectivity index (χ2n) is 7.34. The van der Waals surface area contributed by atoms with Crippen LogP contribution in [-0.2, 0) is 34.3 Å². The van der Waals surface area contributed by atoms with Gasteiger partial charge in [-0.2, -0.15) is 0 Å². The number of thiophene rings is 1. The fraction of sp³-hybridized carbons (Fsp3) is 0.524. The molecule has 2 aromatic rings. The van der Waals surface area contributed by atoms with E-state index in [0.29, 0.717) is 38.6 Å². The van der Waals surface area contributed by atoms with Crippen molar-refractivity contribution in [3.8, 4) is 0 Å². The van der Waals surface area contributed by atoms with Crippen LogP contribution < -0.4 is 0 Å². The molecule has 0 spiro atoms. The molecule has 2 amide bonds. The van der Waals surface area contributed by atoms with Gasteiger partial charge in [0.25, 0.3) is 0 Å². The Morgan fingerprint density at radius 3 is 2.54 bits per heavy atom. The number of carbonyl (C=O) groups is 2. The molecule has 0 bridgehead atoms. The van der Waals surface area contributed by atoms with E-state index in [2.05, 4.69) is 13.8 Å². The smallest absolute Gasteiger partial charge is 0.242 e. The summed E-state index contributed by atoms with van der Waals surface area (Å²) < 4.78 is 7.18. The third-order valence-corrected chi connectivity index (χ3v) is 5.37. The van der Waals surface area contributed by atoms with Gasteiger partial charge in [-0.1, -0.05) is 19.9 Å². The van der Waals surface area contributed by atoms with Gasteiger partial charge < -0.3 is 19.1 Å². The molecule has 6 nitrogen and oxygen atoms in total. The van der Waals surface area contributed by atoms with Crippen molar-refractivity contribution in [2.75, 3.05) is 33.4 Å². The molecule has 0 aliphatic carbocycles. The van der Waals surface area contributed by atoms with E-state index in [1.54, 1.807) is 28.2 Å². The van der Waals surface area contributed by atoms with Crippen LogP contribution in [0.25, 0.3) is 0 Å². The first kappa shape index (κ1) is 22.2. The zero-order chi connectivity index (χ0) is 20.5. The molecule has 0 fully saturated rings. The third-order valence-electron chi connectivity index (χ3n) is 4.49. The summed E-state index contributed by atoms with van der Waals surface area (Å²) >= 11 is 1.57. The molecule has 0 aliphatic rings. The highest BCUT2D eigenvalue weighted by molar-refractivity contribution is 7.10. The third kappa shape index (κ3) is 6.80. The van der Waals surface area contributed by atoms with Gasteiger partial charge in [-0.15, -0.1) is 11.3 Å². The van der Waals surface area contributed by atoms with Gasteiger partial charge >= 0.3 is 0 Å². The van der Waals surface area contributed by atoms with Crippen molar-refractivity contribution in [2.24, 2.45) is 13.0 Å². The Labute approximate surface area is 171 Å². The number of aromatic nitrogens is 1. The molecular weight excluding hydrogens is 374 g/mol. The molecule has 0 unspecified atom stereocenters. The Balaban J connectivity index is 2.08. The van der Waals surface area contributed by atoms with E-state index in [1.807, 2.05) is 47.5 Å². The van der Waals surface area contributed by atoms with Crippen LogP contribution in [-0.4, -0.2) is 59.5 Å². The van der Waals surface area contributed by atoms with Crippen LogP contribution in [0.15, 0.2) is 35.8 Å². The average molecular weight is 406 g/mol. The Bertz CT molecular complexity index is 740. The predicted octanol–water partition coefficient (Wildman–Crippen LogP) is 2.79. The molecule has 2 rings (SSSR count). The maximum Gasteiger partial charge on any atom is 0.242 e. The van der Waals surface area contributed by atoms with Crippen LogP contribution in [0, 0.1) is 5.92 Å². The second kappa shape index (κ2) is 11.0. The van der Waals surface area contributed by atoms with E-state index in [-0.39, 0.29) is 18.4 Å². The van der Waals surface area contributed by atoms with Gasteiger partial charge in [0.05, 0.1) is 26.1 Å². The number of aryl methyl sites for hydroxylation is 1. The number of ether oxygens (including phenoxy) is 1. The maximum absolute atomic E-state index is 13.1. The highest BCUT2D eigenvalue weighted by Crippen LogP contribution is 2.13. The Kier molecular flexibility index (Phi) is 8.73. The lowest BCUT2D eigenvalue weighted by Gasteiger charge is -2.29. The highest BCUT2D eigenvalue weighted by Gasteiger charge is 2.23. The number of carbonyl (C=O) groups excluding carboxylic acids is 2. The van der Waals surface area contributed by atoms with Crippen LogP contribution in [0.4, 0.5) is 0 Å². The van der Waals surface area contributed by atoms with Crippen LogP contribution >= 0.6 is 11.3 Å². The summed E-state index contributed by atoms with van der Waals surface area (Å²) in [5, 5.41) is 1.97. The topological polar surface area (TPSA) is 54.8 Å². The lowest BCUT2D eigenvalue weighted by atomic mass is 10.2. The first-order valence-corrected chi connectivity index (χ1v) is 10.5. The Morgan fingerprint density at radius 1 is 1.18 bits per heavy atom. The number of methoxy groups -OCH3 is 1. The minimum Gasteiger partial charge on any atom is -0.383 e. The summed E-state index contributed by atoms with van der Waals surface area (Å²) in [6.07, 6.45) is 2.30. The minimum atomic E-state index is -0.0570. The number of amides is 2. The highest BCUT2D eigenvalue weighted by atomic mass is 32.1. The van der Waals surface area contributed by atoms with Gasteiger partial charge in [0.1, 0.15) is 0 Å². The number of nitrogens with zero attached hydrogens (tertiary/aromatic N) is 3. The molecule has 0 aromatic carbocycles. The molecule has 0 saturated heterocycles. The molecule has 2 aromatic heterocycles. The first-order chi connectivity index (χ1) is 13.4. The fourth-order valence-electron chi connectivity index (χ4n) is 2.98. The lowest BCUT2D eigenvalue weighted by molar-refractivity contribution is -0.141. The molecule has 0 saturated carbocycles. The summed E-state index contributed by atoms with van der Waals surface area (Å²) in [5.41, 5.74) is 1.05. The minimum absolute atomic E-state index is 0.00458. The van der Waals surface area contributed by atoms with Crippen molar-refractivity contribution in [2.45, 2.75) is 26.8 Å². The van der Waals surface area contributed by atoms with E-state index in [0.717, 1.165) is 10.6 Å². The second-order valence-corrected chi connectivity index (χ2v) is 8.38. The molecule has 28 heavy (non-hydrogen) atoms. The maximum atomic E-state index is 13.1. The van der Waals surface area contributed by atoms with Crippen LogP contribution in [0.3, 0.4) is 0 Å². The van der Waals surface area contributed by atoms with Crippen molar-refractivity contribution < 1.29 is 14.3 Å². The van der Waals surface area contributed by atoms with E-state index in [4.69, 9.17) is 4.74 Å². The van der Waals surface area contributed by atoms with E-state index < -0.39 is 0 Å². The van der Waals surface area contributed by atoms with Gasteiger partial charge in [0.15, 0.2) is 0 Å². The average Bonchev–Trinajstić information content (AvgIpc) is 3.29. The summed E-state index contributed by atoms with van der Waals surface area (Å²) in [6, 6.07) is 7.86. The van der Waals surface area contributed by atoms with Crippen LogP contribution in [0.5, 0.6) is 0 Å². The van der Waals surface area contributed by atoms with Crippen molar-refractivity contribution in [1.29, 1.82) is 0 Å².